The lowest BCUT2D eigenvalue weighted by Gasteiger charge is -2.14. The fraction of sp³-hybridized carbons (Fsp3) is 0.0909. The average Bonchev–Trinajstić information content (AvgIpc) is 3.06. The van der Waals surface area contributed by atoms with E-state index in [9.17, 15) is 8.42 Å². The molecular weight excluding hydrogens is 374 g/mol. The molecule has 5 heteroatoms. The Morgan fingerprint density at radius 2 is 1.44 bits per heavy atom. The minimum atomic E-state index is -3.53. The van der Waals surface area contributed by atoms with E-state index >= 15 is 0 Å². The molecule has 0 spiro atoms. The predicted molar refractivity (Wildman–Crippen MR) is 115 cm³/mol. The van der Waals surface area contributed by atoms with Crippen molar-refractivity contribution in [3.05, 3.63) is 66.7 Å². The van der Waals surface area contributed by atoms with E-state index < -0.39 is 10.0 Å². The van der Waals surface area contributed by atoms with E-state index in [4.69, 9.17) is 0 Å². The van der Waals surface area contributed by atoms with Crippen molar-refractivity contribution in [3.8, 4) is 0 Å². The van der Waals surface area contributed by atoms with Crippen LogP contribution in [0.25, 0.3) is 41.7 Å². The first-order valence-electron chi connectivity index (χ1n) is 8.67. The van der Waals surface area contributed by atoms with Gasteiger partial charge in [0.1, 0.15) is 0 Å². The van der Waals surface area contributed by atoms with E-state index in [0.717, 1.165) is 20.9 Å². The van der Waals surface area contributed by atoms with Gasteiger partial charge in [-0.3, -0.25) is 0 Å². The predicted octanol–water partition coefficient (Wildman–Crippen LogP) is 5.61. The number of benzene rings is 4. The molecule has 0 aliphatic carbocycles. The highest BCUT2D eigenvalue weighted by Gasteiger charge is 2.23. The van der Waals surface area contributed by atoms with Crippen LogP contribution in [0.4, 0.5) is 0 Å². The highest BCUT2D eigenvalue weighted by atomic mass is 32.2. The maximum absolute atomic E-state index is 12.9. The second-order valence-corrected chi connectivity index (χ2v) is 10.0. The van der Waals surface area contributed by atoms with E-state index in [0.29, 0.717) is 4.90 Å². The number of fused-ring (bicyclic) bond motifs is 7. The Bertz CT molecular complexity index is 1460. The summed E-state index contributed by atoms with van der Waals surface area (Å²) < 4.78 is 29.4. The molecule has 4 aromatic carbocycles. The van der Waals surface area contributed by atoms with Crippen LogP contribution in [-0.2, 0) is 10.0 Å². The molecule has 0 unspecified atom stereocenters. The average molecular weight is 392 g/mol. The van der Waals surface area contributed by atoms with Gasteiger partial charge in [0, 0.05) is 39.7 Å². The van der Waals surface area contributed by atoms with Gasteiger partial charge in [-0.1, -0.05) is 60.7 Å². The molecule has 0 saturated carbocycles. The lowest BCUT2D eigenvalue weighted by Crippen LogP contribution is -2.22. The van der Waals surface area contributed by atoms with Crippen LogP contribution in [0.5, 0.6) is 0 Å². The Kier molecular flexibility index (Phi) is 3.56. The summed E-state index contributed by atoms with van der Waals surface area (Å²) in [5.41, 5.74) is 0. The van der Waals surface area contributed by atoms with Crippen molar-refractivity contribution in [2.45, 2.75) is 4.90 Å². The van der Waals surface area contributed by atoms with Gasteiger partial charge in [0.05, 0.1) is 4.90 Å². The quantitative estimate of drug-likeness (QED) is 0.392. The smallest absolute Gasteiger partial charge is 0.207 e. The first kappa shape index (κ1) is 16.7. The lowest BCUT2D eigenvalue weighted by atomic mass is 10.0. The zero-order valence-corrected chi connectivity index (χ0v) is 16.6. The monoisotopic (exact) mass is 391 g/mol. The number of hydrogen-bond acceptors (Lipinski definition) is 3. The Morgan fingerprint density at radius 1 is 0.778 bits per heavy atom. The summed E-state index contributed by atoms with van der Waals surface area (Å²) in [6, 6.07) is 22.3. The molecule has 0 amide bonds. The van der Waals surface area contributed by atoms with E-state index in [1.54, 1.807) is 25.4 Å². The van der Waals surface area contributed by atoms with Crippen molar-refractivity contribution in [2.24, 2.45) is 0 Å². The molecule has 0 saturated heterocycles. The fourth-order valence-electron chi connectivity index (χ4n) is 3.75. The fourth-order valence-corrected chi connectivity index (χ4v) is 6.23. The lowest BCUT2D eigenvalue weighted by molar-refractivity contribution is 0.522. The minimum Gasteiger partial charge on any atom is -0.207 e. The number of rotatable bonds is 2. The summed E-state index contributed by atoms with van der Waals surface area (Å²) in [5.74, 6) is 0. The van der Waals surface area contributed by atoms with Gasteiger partial charge in [-0.15, -0.1) is 11.3 Å². The number of thiophene rings is 1. The Morgan fingerprint density at radius 3 is 2.19 bits per heavy atom. The normalized spacial score (nSPS) is 12.7. The maximum atomic E-state index is 12.9. The highest BCUT2D eigenvalue weighted by molar-refractivity contribution is 7.89. The molecule has 0 radical (unpaired) electrons. The molecule has 0 atom stereocenters. The van der Waals surface area contributed by atoms with Gasteiger partial charge in [-0.2, -0.15) is 0 Å². The molecule has 27 heavy (non-hydrogen) atoms. The first-order chi connectivity index (χ1) is 13.0. The molecule has 0 fully saturated rings. The molecule has 5 rings (SSSR count). The third kappa shape index (κ3) is 2.32. The van der Waals surface area contributed by atoms with Crippen LogP contribution in [0.3, 0.4) is 0 Å². The molecule has 1 heterocycles. The highest BCUT2D eigenvalue weighted by Crippen LogP contribution is 2.43. The van der Waals surface area contributed by atoms with Crippen molar-refractivity contribution in [1.82, 2.24) is 4.31 Å². The van der Waals surface area contributed by atoms with Crippen molar-refractivity contribution < 1.29 is 8.42 Å². The topological polar surface area (TPSA) is 37.4 Å². The van der Waals surface area contributed by atoms with Crippen LogP contribution in [0.1, 0.15) is 0 Å². The molecule has 0 aliphatic heterocycles. The Hall–Kier alpha value is -2.47. The molecule has 1 aromatic heterocycles. The molecular formula is C22H17NO2S2. The van der Waals surface area contributed by atoms with Crippen LogP contribution in [0.2, 0.25) is 0 Å². The van der Waals surface area contributed by atoms with Gasteiger partial charge in [0.15, 0.2) is 0 Å². The summed E-state index contributed by atoms with van der Waals surface area (Å²) in [7, 11) is -0.383. The third-order valence-corrected chi connectivity index (χ3v) is 8.13. The van der Waals surface area contributed by atoms with Crippen molar-refractivity contribution >= 4 is 63.1 Å². The van der Waals surface area contributed by atoms with E-state index in [1.807, 2.05) is 42.5 Å². The summed E-state index contributed by atoms with van der Waals surface area (Å²) in [6.07, 6.45) is 0. The van der Waals surface area contributed by atoms with Crippen LogP contribution in [0.15, 0.2) is 71.6 Å². The van der Waals surface area contributed by atoms with Crippen molar-refractivity contribution in [1.29, 1.82) is 0 Å². The summed E-state index contributed by atoms with van der Waals surface area (Å²) in [5, 5.41) is 6.47. The van der Waals surface area contributed by atoms with E-state index in [2.05, 4.69) is 24.3 Å². The van der Waals surface area contributed by atoms with Gasteiger partial charge in [0.2, 0.25) is 10.0 Å². The van der Waals surface area contributed by atoms with Crippen LogP contribution >= 0.6 is 11.3 Å². The van der Waals surface area contributed by atoms with Crippen LogP contribution in [0, 0.1) is 0 Å². The zero-order valence-electron chi connectivity index (χ0n) is 14.9. The molecule has 134 valence electrons. The molecule has 0 aliphatic rings. The maximum Gasteiger partial charge on any atom is 0.243 e. The summed E-state index contributed by atoms with van der Waals surface area (Å²) >= 11 is 1.67. The van der Waals surface area contributed by atoms with Crippen molar-refractivity contribution in [2.75, 3.05) is 14.1 Å². The van der Waals surface area contributed by atoms with E-state index in [-0.39, 0.29) is 0 Å². The molecule has 0 N–H and O–H groups in total. The molecule has 0 bridgehead atoms. The largest absolute Gasteiger partial charge is 0.243 e. The van der Waals surface area contributed by atoms with Gasteiger partial charge in [-0.25, -0.2) is 12.7 Å². The number of nitrogens with zero attached hydrogens (tertiary/aromatic N) is 1. The molecule has 5 aromatic rings. The first-order valence-corrected chi connectivity index (χ1v) is 10.9. The molecule has 3 nitrogen and oxygen atoms in total. The van der Waals surface area contributed by atoms with Gasteiger partial charge >= 0.3 is 0 Å². The summed E-state index contributed by atoms with van der Waals surface area (Å²) in [6.45, 7) is 0. The van der Waals surface area contributed by atoms with Crippen molar-refractivity contribution in [3.63, 3.8) is 0 Å². The number of sulfonamides is 1. The minimum absolute atomic E-state index is 0.367. The second kappa shape index (κ2) is 5.76. The van der Waals surface area contributed by atoms with Crippen LogP contribution < -0.4 is 0 Å². The standard InChI is InChI=1S/C22H17NO2S2/c1-23(2)27(24,25)20-13-19-21(17-10-6-5-9-16(17)20)18-12-11-14-7-3-4-8-15(14)22(18)26-19/h3-13H,1-2H3. The SMILES string of the molecule is CN(C)S(=O)(=O)c1cc2sc3c4ccccc4ccc3c2c2ccccc12. The number of hydrogen-bond donors (Lipinski definition) is 0. The van der Waals surface area contributed by atoms with Gasteiger partial charge < -0.3 is 0 Å². The van der Waals surface area contributed by atoms with E-state index in [1.165, 1.54) is 25.2 Å². The zero-order chi connectivity index (χ0) is 18.8. The van der Waals surface area contributed by atoms with Gasteiger partial charge in [0.25, 0.3) is 0 Å². The Labute approximate surface area is 161 Å². The third-order valence-electron chi connectivity index (χ3n) is 5.09. The van der Waals surface area contributed by atoms with Gasteiger partial charge in [-0.05, 0) is 22.2 Å². The van der Waals surface area contributed by atoms with Crippen LogP contribution in [-0.4, -0.2) is 26.8 Å². The second-order valence-electron chi connectivity index (χ2n) is 6.85. The summed E-state index contributed by atoms with van der Waals surface area (Å²) in [4.78, 5) is 0.367. The Balaban J connectivity index is 2.04.